The molecule has 18 aliphatic rings. The highest BCUT2D eigenvalue weighted by molar-refractivity contribution is 6.01. The van der Waals surface area contributed by atoms with Crippen molar-refractivity contribution < 1.29 is 108 Å². The number of aliphatic hydroxyl groups is 7. The van der Waals surface area contributed by atoms with Crippen LogP contribution in [0.1, 0.15) is 278 Å². The molecule has 20 nitrogen and oxygen atoms in total. The molecule has 116 heavy (non-hydrogen) atoms. The minimum atomic E-state index is -1.92. The zero-order chi connectivity index (χ0) is 83.7. The van der Waals surface area contributed by atoms with Gasteiger partial charge in [-0.25, -0.2) is 9.18 Å². The van der Waals surface area contributed by atoms with E-state index >= 15 is 4.39 Å². The van der Waals surface area contributed by atoms with Crippen LogP contribution in [0.3, 0.4) is 0 Å². The van der Waals surface area contributed by atoms with Crippen LogP contribution in [0.2, 0.25) is 0 Å². The van der Waals surface area contributed by atoms with Crippen LogP contribution in [0.4, 0.5) is 4.39 Å². The number of ether oxygens (including phenoxy) is 9. The summed E-state index contributed by atoms with van der Waals surface area (Å²) in [6, 6.07) is 0. The number of rotatable bonds is 9. The second-order valence-electron chi connectivity index (χ2n) is 43.9. The smallest absolute Gasteiger partial charge is 0.331 e. The Balaban J connectivity index is 0.000000175. The minimum Gasteiger partial charge on any atom is -0.469 e. The molecule has 658 valence electrons. The van der Waals surface area contributed by atoms with Gasteiger partial charge in [0.05, 0.1) is 73.6 Å². The van der Waals surface area contributed by atoms with E-state index in [0.29, 0.717) is 80.0 Å². The molecule has 11 saturated carbocycles. The molecular weight excluding hydrogens is 1480 g/mol. The first-order chi connectivity index (χ1) is 54.3. The van der Waals surface area contributed by atoms with Crippen molar-refractivity contribution >= 4 is 23.5 Å². The third kappa shape index (κ3) is 12.3. The summed E-state index contributed by atoms with van der Waals surface area (Å²) in [5.41, 5.74) is -2.43. The van der Waals surface area contributed by atoms with Crippen LogP contribution in [0.5, 0.6) is 0 Å². The summed E-state index contributed by atoms with van der Waals surface area (Å²) < 4.78 is 72.4. The van der Waals surface area contributed by atoms with Crippen molar-refractivity contribution in [3.63, 3.8) is 0 Å². The van der Waals surface area contributed by atoms with Gasteiger partial charge in [-0.15, -0.1) is 0 Å². The van der Waals surface area contributed by atoms with E-state index in [1.807, 2.05) is 27.7 Å². The molecule has 2 spiro atoms. The predicted molar refractivity (Wildman–Crippen MR) is 438 cm³/mol. The highest BCUT2D eigenvalue weighted by Gasteiger charge is 2.88. The molecule has 15 fully saturated rings. The van der Waals surface area contributed by atoms with Crippen molar-refractivity contribution in [2.75, 3.05) is 13.7 Å². The van der Waals surface area contributed by atoms with Crippen molar-refractivity contribution in [2.45, 2.75) is 386 Å². The molecule has 4 saturated heterocycles. The molecule has 39 atom stereocenters. The molecule has 0 aromatic rings. The Bertz CT molecular complexity index is 3940. The molecule has 21 heteroatoms. The molecule has 15 unspecified atom stereocenters. The number of aliphatic hydroxyl groups excluding tert-OH is 6. The summed E-state index contributed by atoms with van der Waals surface area (Å²) >= 11 is 0. The highest BCUT2D eigenvalue weighted by Crippen LogP contribution is 2.83. The lowest BCUT2D eigenvalue weighted by Gasteiger charge is -2.71. The molecule has 5 aliphatic heterocycles. The second kappa shape index (κ2) is 29.4. The van der Waals surface area contributed by atoms with Crippen molar-refractivity contribution in [1.82, 2.24) is 0 Å². The SMILES string of the molecule is CC(=O)[C@@]1(O)CC[C@@H]2[C@H]3C[C@@H](C)C4=CC(=O)C=C[C@]4(C)[C@@]3(F)[C@@H](O)C[C@]21C.CC1OC(O[C@@H]2C(C)CC(O[C@@H]3C(O)CC(OC4CC[C@@]5(C)C6CC[C@]7(C)C(C8=CC(=O)OC8)C(O)C[C@]78OC68CC[C@H]5C4)OC3C)OC2C)CC(O)C1O.COC(=O)[C@]12CC[C@@H](C)[C@H](C)[C@H]1C1=CC[C@@H]3[C@@]4(C)CC[C@H](O)C(C)(C)[C@@H]4CC[C@@]3(C)[C@]1(C)CC2.[HH].[HH].[HH].[HH]. The minimum absolute atomic E-state index is 0. The number of cyclic esters (lactones) is 1. The van der Waals surface area contributed by atoms with Crippen molar-refractivity contribution in [3.05, 3.63) is 47.1 Å². The van der Waals surface area contributed by atoms with Crippen LogP contribution >= 0.6 is 0 Å². The Kier molecular flexibility index (Phi) is 21.8. The number of Topliss-reactive ketones (excluding diaryl/α,β-unsaturated/α-hetero) is 1. The van der Waals surface area contributed by atoms with E-state index in [9.17, 15) is 54.9 Å². The van der Waals surface area contributed by atoms with Gasteiger partial charge in [-0.3, -0.25) is 14.4 Å². The number of carbonyl (C=O) groups excluding carboxylic acids is 4. The molecule has 0 aromatic carbocycles. The molecule has 0 aromatic heterocycles. The van der Waals surface area contributed by atoms with E-state index in [1.165, 1.54) is 31.9 Å². The number of methoxy groups -OCH3 is 1. The van der Waals surface area contributed by atoms with Crippen molar-refractivity contribution in [2.24, 2.45) is 120 Å². The van der Waals surface area contributed by atoms with Crippen LogP contribution in [0, 0.1) is 120 Å². The number of alkyl halides is 1. The number of carbonyl (C=O) groups is 4. The maximum absolute atomic E-state index is 16.9. The Morgan fingerprint density at radius 3 is 1.91 bits per heavy atom. The van der Waals surface area contributed by atoms with Crippen LogP contribution in [0.25, 0.3) is 0 Å². The zero-order valence-electron chi connectivity index (χ0n) is 73.0. The van der Waals surface area contributed by atoms with Gasteiger partial charge in [0, 0.05) is 65.5 Å². The quantitative estimate of drug-likeness (QED) is 0.0488. The molecular formula is C95H151FO20. The summed E-state index contributed by atoms with van der Waals surface area (Å²) in [6.45, 7) is 36.9. The summed E-state index contributed by atoms with van der Waals surface area (Å²) in [6.07, 6.45) is 20.4. The van der Waals surface area contributed by atoms with Gasteiger partial charge in [0.25, 0.3) is 0 Å². The van der Waals surface area contributed by atoms with Gasteiger partial charge >= 0.3 is 11.9 Å². The first kappa shape index (κ1) is 86.1. The molecule has 7 N–H and O–H groups in total. The van der Waals surface area contributed by atoms with Crippen LogP contribution in [-0.2, 0) is 61.8 Å². The normalized spacial score (nSPS) is 55.6. The fourth-order valence-corrected chi connectivity index (χ4v) is 31.9. The van der Waals surface area contributed by atoms with Crippen molar-refractivity contribution in [1.29, 1.82) is 0 Å². The number of hydrogen-bond acceptors (Lipinski definition) is 20. The summed E-state index contributed by atoms with van der Waals surface area (Å²) in [4.78, 5) is 49.6. The van der Waals surface area contributed by atoms with Crippen LogP contribution in [0.15, 0.2) is 47.1 Å². The second-order valence-corrected chi connectivity index (χ2v) is 43.9. The van der Waals surface area contributed by atoms with E-state index in [0.717, 1.165) is 101 Å². The topological polar surface area (TPSA) is 296 Å². The number of fused-ring (bicyclic) bond motifs is 14. The van der Waals surface area contributed by atoms with Gasteiger partial charge < -0.3 is 78.4 Å². The van der Waals surface area contributed by atoms with Gasteiger partial charge in [0.15, 0.2) is 36.1 Å². The number of esters is 2. The maximum atomic E-state index is 16.9. The monoisotopic (exact) mass is 1630 g/mol. The average Bonchev–Trinajstić information content (AvgIpc) is 1.45. The number of halogens is 1. The average molecular weight is 1630 g/mol. The van der Waals surface area contributed by atoms with Gasteiger partial charge in [-0.1, -0.05) is 106 Å². The van der Waals surface area contributed by atoms with Gasteiger partial charge in [0.1, 0.15) is 35.6 Å². The zero-order valence-corrected chi connectivity index (χ0v) is 73.0. The van der Waals surface area contributed by atoms with Gasteiger partial charge in [0.2, 0.25) is 0 Å². The van der Waals surface area contributed by atoms with Gasteiger partial charge in [-0.05, 0) is 267 Å². The van der Waals surface area contributed by atoms with E-state index < -0.39 is 95.7 Å². The van der Waals surface area contributed by atoms with Crippen LogP contribution in [-0.4, -0.2) is 188 Å². The molecule has 18 rings (SSSR count). The Morgan fingerprint density at radius 1 is 0.578 bits per heavy atom. The predicted octanol–water partition coefficient (Wildman–Crippen LogP) is 14.7. The van der Waals surface area contributed by atoms with E-state index in [1.54, 1.807) is 38.7 Å². The Labute approximate surface area is 695 Å². The van der Waals surface area contributed by atoms with E-state index in [2.05, 4.69) is 75.3 Å². The molecule has 5 heterocycles. The number of hydrogen-bond donors (Lipinski definition) is 7. The Hall–Kier alpha value is -3.39. The lowest BCUT2D eigenvalue weighted by molar-refractivity contribution is -0.330. The number of ketones is 2. The van der Waals surface area contributed by atoms with E-state index in [-0.39, 0.29) is 146 Å². The largest absolute Gasteiger partial charge is 0.469 e. The summed E-state index contributed by atoms with van der Waals surface area (Å²) in [7, 11) is 1.60. The lowest BCUT2D eigenvalue weighted by Crippen LogP contribution is -2.69. The van der Waals surface area contributed by atoms with Gasteiger partial charge in [-0.2, -0.15) is 0 Å². The fourth-order valence-electron chi connectivity index (χ4n) is 31.9. The third-order valence-electron chi connectivity index (χ3n) is 38.7. The van der Waals surface area contributed by atoms with Crippen molar-refractivity contribution in [3.8, 4) is 0 Å². The number of epoxide rings is 1. The first-order valence-electron chi connectivity index (χ1n) is 45.5. The van der Waals surface area contributed by atoms with E-state index in [4.69, 9.17) is 42.6 Å². The maximum Gasteiger partial charge on any atom is 0.331 e. The summed E-state index contributed by atoms with van der Waals surface area (Å²) in [5, 5.41) is 76.3. The standard InChI is InChI=1S/C42H64O13.C31H50O3.C22H29FO4.4H2/c1-20-13-32(50-22(3)37(20)53-34-16-27(43)36(47)21(2)49-34)54-38-23(4)51-33(17-28(38)44)52-26-8-10-39(5)25(15-26)7-12-41-30(39)9-11-40(6)35(24-14-31(46)48-19-24)29(45)18-42(40,41)55-41;1-19-11-16-31(26(33)34-8)18-17-29(6)21(25(31)20(19)2)9-10-23-28(5)14-13-24(32)27(3,4)22(28)12-15-30(23,29)7;1-12-9-17-15-6-8-21(27,13(2)24)20(15,4)11-18(26)22(17,23)19(3)7-5-14(25)10-16(12)19;;;;/h14,20-23,25-30,32-38,43-45,47H,7-13,15-19H2,1-6H3;9,19-20,22-25,32H,10-18H2,1-8H3;5,7,10,12,15,17-18,26-27H,6,8-9,11H2,1-4H3;4*1H/t20?,21?,22?,23?,25-,26?,27?,28?,29?,30?,32?,33?,34?,35?,36?,37+,38-,39+,40+,41?,42-;19-,20+,22+,23-,24+,25+,28+,29-,30-,31+;12-,15-,17-,18+,19+,20-,21+,22+;;;;/m011..../s1. The highest BCUT2D eigenvalue weighted by atomic mass is 19.1. The third-order valence-corrected chi connectivity index (χ3v) is 38.7. The lowest BCUT2D eigenvalue weighted by atomic mass is 9.33. The molecule has 0 amide bonds. The fraction of sp³-hybridized carbons (Fsp3) is 0.874. The molecule has 0 radical (unpaired) electrons. The molecule has 0 bridgehead atoms. The number of allylic oxidation sites excluding steroid dienone is 6. The first-order valence-corrected chi connectivity index (χ1v) is 45.5. The Morgan fingerprint density at radius 2 is 1.23 bits per heavy atom. The molecule has 13 aliphatic carbocycles. The van der Waals surface area contributed by atoms with Crippen LogP contribution < -0.4 is 0 Å². The summed E-state index contributed by atoms with van der Waals surface area (Å²) in [5.74, 6) is 2.17.